The zero-order valence-corrected chi connectivity index (χ0v) is 19.9. The second kappa shape index (κ2) is 9.93. The van der Waals surface area contributed by atoms with E-state index in [0.717, 1.165) is 18.4 Å². The van der Waals surface area contributed by atoms with Crippen molar-refractivity contribution in [3.63, 3.8) is 0 Å². The van der Waals surface area contributed by atoms with Crippen molar-refractivity contribution < 1.29 is 14.6 Å². The minimum Gasteiger partial charge on any atom is -0.394 e. The Morgan fingerprint density at radius 1 is 1.15 bits per heavy atom. The van der Waals surface area contributed by atoms with E-state index in [9.17, 15) is 9.50 Å². The summed E-state index contributed by atoms with van der Waals surface area (Å²) in [5, 5.41) is 29.5. The maximum atomic E-state index is 14.5. The molecule has 2 aromatic rings. The van der Waals surface area contributed by atoms with Crippen LogP contribution in [0.1, 0.15) is 37.7 Å². The summed E-state index contributed by atoms with van der Waals surface area (Å²) >= 11 is 6.22. The van der Waals surface area contributed by atoms with Crippen LogP contribution in [0.5, 0.6) is 0 Å². The van der Waals surface area contributed by atoms with Crippen LogP contribution in [0.25, 0.3) is 0 Å². The van der Waals surface area contributed by atoms with Crippen LogP contribution in [-0.2, 0) is 6.54 Å². The first-order valence-corrected chi connectivity index (χ1v) is 12.6. The van der Waals surface area contributed by atoms with E-state index in [4.69, 9.17) is 16.7 Å². The van der Waals surface area contributed by atoms with Gasteiger partial charge in [-0.3, -0.25) is 0 Å². The zero-order chi connectivity index (χ0) is 23.7. The average molecular weight is 490 g/mol. The van der Waals surface area contributed by atoms with Gasteiger partial charge in [-0.25, -0.2) is 9.37 Å². The lowest BCUT2D eigenvalue weighted by atomic mass is 9.48. The Morgan fingerprint density at radius 2 is 1.91 bits per heavy atom. The lowest BCUT2D eigenvalue weighted by Gasteiger charge is -2.60. The standard InChI is InChI=1S/C25H33ClFN5O2/c26-20-4-2-1-3-16(20)10-29-24-30-12-21(27)23(32-24)31-14-25-7-15-5-17(8-25)22(18(6-15)9-25)28-11-19(34)13-33/h1-4,12,15,17-19,22,28,33-34H,5-11,13-14H2,(H2,29,30,31,32)/t15?,17-,18+,19?,22-,25-. The van der Waals surface area contributed by atoms with Crippen molar-refractivity contribution in [2.45, 2.75) is 50.8 Å². The quantitative estimate of drug-likeness (QED) is 0.348. The minimum absolute atomic E-state index is 0.146. The second-order valence-corrected chi connectivity index (χ2v) is 10.8. The van der Waals surface area contributed by atoms with Gasteiger partial charge in [-0.2, -0.15) is 4.98 Å². The van der Waals surface area contributed by atoms with Crippen LogP contribution in [-0.4, -0.2) is 52.0 Å². The summed E-state index contributed by atoms with van der Waals surface area (Å²) in [6.07, 6.45) is 6.26. The van der Waals surface area contributed by atoms with E-state index in [1.54, 1.807) is 0 Å². The number of benzene rings is 1. The molecule has 6 atom stereocenters. The molecule has 4 fully saturated rings. The molecule has 5 N–H and O–H groups in total. The first kappa shape index (κ1) is 23.7. The summed E-state index contributed by atoms with van der Waals surface area (Å²) < 4.78 is 14.5. The summed E-state index contributed by atoms with van der Waals surface area (Å²) in [4.78, 5) is 8.48. The van der Waals surface area contributed by atoms with Crippen molar-refractivity contribution in [2.75, 3.05) is 30.3 Å². The molecule has 4 bridgehead atoms. The molecule has 6 rings (SSSR count). The van der Waals surface area contributed by atoms with Gasteiger partial charge >= 0.3 is 0 Å². The Bertz CT molecular complexity index is 995. The Kier molecular flexibility index (Phi) is 6.93. The summed E-state index contributed by atoms with van der Waals surface area (Å²) in [6, 6.07) is 7.95. The number of nitrogens with one attached hydrogen (secondary N) is 3. The fraction of sp³-hybridized carbons (Fsp3) is 0.600. The van der Waals surface area contributed by atoms with E-state index in [2.05, 4.69) is 25.9 Å². The molecule has 9 heteroatoms. The zero-order valence-electron chi connectivity index (χ0n) is 19.2. The van der Waals surface area contributed by atoms with Crippen LogP contribution < -0.4 is 16.0 Å². The predicted molar refractivity (Wildman–Crippen MR) is 130 cm³/mol. The predicted octanol–water partition coefficient (Wildman–Crippen LogP) is 3.43. The monoisotopic (exact) mass is 489 g/mol. The number of aliphatic hydroxyl groups excluding tert-OH is 2. The van der Waals surface area contributed by atoms with Crippen molar-refractivity contribution in [3.8, 4) is 0 Å². The van der Waals surface area contributed by atoms with Crippen molar-refractivity contribution in [3.05, 3.63) is 46.9 Å². The number of aromatic nitrogens is 2. The molecule has 1 heterocycles. The van der Waals surface area contributed by atoms with Gasteiger partial charge in [0.2, 0.25) is 5.95 Å². The Balaban J connectivity index is 1.21. The molecule has 4 saturated carbocycles. The van der Waals surface area contributed by atoms with Gasteiger partial charge in [-0.05, 0) is 66.9 Å². The number of aliphatic hydroxyl groups is 2. The SMILES string of the molecule is OCC(O)CN[C@@H]1[C@@H]2CC3C[C@H]1C[C@@](CNc1nc(NCc4ccccc4Cl)ncc1F)(C3)C2. The van der Waals surface area contributed by atoms with Crippen LogP contribution in [0.3, 0.4) is 0 Å². The summed E-state index contributed by atoms with van der Waals surface area (Å²) in [5.41, 5.74) is 1.07. The van der Waals surface area contributed by atoms with E-state index in [1.165, 1.54) is 25.5 Å². The lowest BCUT2D eigenvalue weighted by Crippen LogP contribution is -2.60. The molecule has 1 aromatic carbocycles. The summed E-state index contributed by atoms with van der Waals surface area (Å²) in [6.45, 7) is 1.37. The summed E-state index contributed by atoms with van der Waals surface area (Å²) in [5.74, 6) is 1.96. The third-order valence-electron chi connectivity index (χ3n) is 7.97. The number of nitrogens with zero attached hydrogens (tertiary/aromatic N) is 2. The molecule has 7 nitrogen and oxygen atoms in total. The summed E-state index contributed by atoms with van der Waals surface area (Å²) in [7, 11) is 0. The van der Waals surface area contributed by atoms with Gasteiger partial charge in [0.25, 0.3) is 0 Å². The fourth-order valence-electron chi connectivity index (χ4n) is 6.74. The lowest BCUT2D eigenvalue weighted by molar-refractivity contribution is -0.0719. The molecule has 0 saturated heterocycles. The highest BCUT2D eigenvalue weighted by Gasteiger charge is 2.55. The van der Waals surface area contributed by atoms with Crippen LogP contribution in [0, 0.1) is 29.0 Å². The molecule has 34 heavy (non-hydrogen) atoms. The van der Waals surface area contributed by atoms with Gasteiger partial charge in [0.15, 0.2) is 11.6 Å². The van der Waals surface area contributed by atoms with Crippen molar-refractivity contribution in [1.82, 2.24) is 15.3 Å². The fourth-order valence-corrected chi connectivity index (χ4v) is 6.95. The molecule has 184 valence electrons. The third-order valence-corrected chi connectivity index (χ3v) is 8.34. The van der Waals surface area contributed by atoms with Crippen LogP contribution in [0.15, 0.2) is 30.5 Å². The third kappa shape index (κ3) is 5.00. The van der Waals surface area contributed by atoms with Crippen LogP contribution in [0.2, 0.25) is 5.02 Å². The number of halogens is 2. The highest BCUT2D eigenvalue weighted by atomic mass is 35.5. The van der Waals surface area contributed by atoms with Crippen molar-refractivity contribution >= 4 is 23.4 Å². The highest BCUT2D eigenvalue weighted by molar-refractivity contribution is 6.31. The second-order valence-electron chi connectivity index (χ2n) is 10.4. The molecule has 4 aliphatic rings. The number of rotatable bonds is 10. The van der Waals surface area contributed by atoms with E-state index >= 15 is 0 Å². The minimum atomic E-state index is -0.714. The largest absolute Gasteiger partial charge is 0.394 e. The van der Waals surface area contributed by atoms with E-state index < -0.39 is 11.9 Å². The van der Waals surface area contributed by atoms with Gasteiger partial charge in [-0.15, -0.1) is 0 Å². The molecule has 1 aromatic heterocycles. The van der Waals surface area contributed by atoms with E-state index in [-0.39, 0.29) is 17.8 Å². The van der Waals surface area contributed by atoms with Crippen molar-refractivity contribution in [1.29, 1.82) is 0 Å². The Labute approximate surface area is 204 Å². The van der Waals surface area contributed by atoms with Gasteiger partial charge in [0, 0.05) is 30.7 Å². The van der Waals surface area contributed by atoms with Gasteiger partial charge in [-0.1, -0.05) is 29.8 Å². The normalized spacial score (nSPS) is 30.4. The molecular formula is C25H33ClFN5O2. The topological polar surface area (TPSA) is 102 Å². The Hall–Kier alpha value is -2.00. The molecule has 0 radical (unpaired) electrons. The number of hydrogen-bond acceptors (Lipinski definition) is 7. The Morgan fingerprint density at radius 3 is 2.65 bits per heavy atom. The van der Waals surface area contributed by atoms with Gasteiger partial charge in [0.05, 0.1) is 18.9 Å². The van der Waals surface area contributed by atoms with Crippen molar-refractivity contribution in [2.24, 2.45) is 23.2 Å². The first-order chi connectivity index (χ1) is 16.4. The van der Waals surface area contributed by atoms with Gasteiger partial charge < -0.3 is 26.2 Å². The molecular weight excluding hydrogens is 457 g/mol. The van der Waals surface area contributed by atoms with Gasteiger partial charge in [0.1, 0.15) is 0 Å². The molecule has 0 spiro atoms. The molecule has 0 aliphatic heterocycles. The maximum absolute atomic E-state index is 14.5. The van der Waals surface area contributed by atoms with Crippen LogP contribution in [0.4, 0.5) is 16.2 Å². The highest BCUT2D eigenvalue weighted by Crippen LogP contribution is 2.60. The number of hydrogen-bond donors (Lipinski definition) is 5. The van der Waals surface area contributed by atoms with E-state index in [0.29, 0.717) is 54.4 Å². The first-order valence-electron chi connectivity index (χ1n) is 12.2. The van der Waals surface area contributed by atoms with E-state index in [1.807, 2.05) is 24.3 Å². The average Bonchev–Trinajstić information content (AvgIpc) is 2.82. The number of anilines is 2. The maximum Gasteiger partial charge on any atom is 0.225 e. The molecule has 0 amide bonds. The molecule has 4 aliphatic carbocycles. The van der Waals surface area contributed by atoms with Crippen LogP contribution >= 0.6 is 11.6 Å². The molecule has 2 unspecified atom stereocenters. The smallest absolute Gasteiger partial charge is 0.225 e.